The Bertz CT molecular complexity index is 1590. The lowest BCUT2D eigenvalue weighted by Crippen LogP contribution is -2.36. The molecule has 0 aromatic heterocycles. The Morgan fingerprint density at radius 1 is 0.636 bits per heavy atom. The molecule has 0 saturated heterocycles. The van der Waals surface area contributed by atoms with Crippen LogP contribution >= 0.6 is 24.0 Å². The van der Waals surface area contributed by atoms with Gasteiger partial charge in [0.05, 0.1) is 35.5 Å². The van der Waals surface area contributed by atoms with Crippen LogP contribution in [0.4, 0.5) is 14.4 Å². The third-order valence-corrected chi connectivity index (χ3v) is 5.95. The fraction of sp³-hybridized carbons (Fsp3) is 0.444. The fourth-order valence-electron chi connectivity index (χ4n) is 3.97. The second kappa shape index (κ2) is 24.5. The number of imide groups is 4. The predicted molar refractivity (Wildman–Crippen MR) is 207 cm³/mol. The number of carbonyl (C=O) groups is 8. The van der Waals surface area contributed by atoms with Gasteiger partial charge in [-0.15, -0.1) is 22.5 Å². The van der Waals surface area contributed by atoms with Crippen LogP contribution in [0.2, 0.25) is 0 Å². The highest BCUT2D eigenvalue weighted by atomic mass is 35.5. The summed E-state index contributed by atoms with van der Waals surface area (Å²) in [6.45, 7) is 10.5. The van der Waals surface area contributed by atoms with Crippen LogP contribution in [0.15, 0.2) is 48.5 Å². The third kappa shape index (κ3) is 17.8. The van der Waals surface area contributed by atoms with E-state index in [-0.39, 0.29) is 78.4 Å². The Morgan fingerprint density at radius 2 is 0.964 bits per heavy atom. The summed E-state index contributed by atoms with van der Waals surface area (Å²) in [5.74, 6) is -2.44. The van der Waals surface area contributed by atoms with E-state index < -0.39 is 58.3 Å². The summed E-state index contributed by atoms with van der Waals surface area (Å²) in [7, 11) is 0. The smallest absolute Gasteiger partial charge is 0.415 e. The fourth-order valence-corrected chi connectivity index (χ4v) is 4.04. The van der Waals surface area contributed by atoms with Crippen molar-refractivity contribution in [3.8, 4) is 0 Å². The van der Waals surface area contributed by atoms with Crippen LogP contribution in [0.25, 0.3) is 0 Å². The predicted octanol–water partition coefficient (Wildman–Crippen LogP) is 6.42. The maximum absolute atomic E-state index is 12.1. The molecule has 0 radical (unpaired) electrons. The Kier molecular flexibility index (Phi) is 24.2. The van der Waals surface area contributed by atoms with Crippen molar-refractivity contribution in [1.29, 1.82) is 0 Å². The van der Waals surface area contributed by atoms with Crippen LogP contribution in [0.1, 0.15) is 118 Å². The molecule has 19 heteroatoms. The topological polar surface area (TPSA) is 230 Å². The molecule has 4 rings (SSSR count). The minimum absolute atomic E-state index is 0. The Morgan fingerprint density at radius 3 is 1.27 bits per heavy atom. The van der Waals surface area contributed by atoms with E-state index in [1.54, 1.807) is 95.4 Å². The molecule has 0 fully saturated rings. The molecule has 0 spiro atoms. The molecule has 2 aliphatic rings. The lowest BCUT2D eigenvalue weighted by atomic mass is 10.1. The highest BCUT2D eigenvalue weighted by molar-refractivity contribution is 6.64. The molecule has 2 heterocycles. The SMILES string of the molecule is C.C.C.CC(C)(C)OC(=O)NC(=O)CCCON1C(=O)c2ccccc2C1=O.CC(C)(C)OC(=O)NC(=O)Cl.Cl.NCCON1C(=O)c2ccccc2C1=O. The zero-order valence-corrected chi connectivity index (χ0v) is 30.9. The third-order valence-electron chi connectivity index (χ3n) is 5.86. The standard InChI is InChI=1S/C17H20N2O6.C10H10N2O3.C6H10ClNO3.3CH4.ClH/c1-17(2,3)25-16(23)18-13(20)9-6-10-24-19-14(21)11-7-4-5-8-12(11)15(19)22;11-5-6-15-12-9(13)7-3-1-2-4-8(7)10(12)14;1-6(2,3)11-5(10)8-4(7)9;;;;/h4-5,7-8H,6,9-10H2,1-3H3,(H,18,20,23);1-4H,5-6,11H2;1-3H3,(H,8,9,10);3*1H4;1H. The maximum Gasteiger partial charge on any atom is 0.415 e. The molecule has 0 unspecified atom stereocenters. The van der Waals surface area contributed by atoms with Gasteiger partial charge in [-0.3, -0.25) is 43.8 Å². The van der Waals surface area contributed by atoms with E-state index in [0.717, 1.165) is 5.06 Å². The van der Waals surface area contributed by atoms with Crippen molar-refractivity contribution in [3.63, 3.8) is 0 Å². The number of nitrogens with two attached hydrogens (primary N) is 1. The van der Waals surface area contributed by atoms with Gasteiger partial charge >= 0.3 is 17.6 Å². The lowest BCUT2D eigenvalue weighted by Gasteiger charge is -2.19. The molecule has 55 heavy (non-hydrogen) atoms. The average molecular weight is 819 g/mol. The average Bonchev–Trinajstić information content (AvgIpc) is 3.40. The van der Waals surface area contributed by atoms with Crippen molar-refractivity contribution in [2.24, 2.45) is 5.73 Å². The zero-order valence-electron chi connectivity index (χ0n) is 29.3. The number of hydrogen-bond acceptors (Lipinski definition) is 13. The zero-order chi connectivity index (χ0) is 38.5. The summed E-state index contributed by atoms with van der Waals surface area (Å²) in [4.78, 5) is 101. The number of ether oxygens (including phenoxy) is 2. The number of hydrogen-bond donors (Lipinski definition) is 3. The molecule has 308 valence electrons. The normalized spacial score (nSPS) is 12.3. The van der Waals surface area contributed by atoms with Gasteiger partial charge in [-0.1, -0.05) is 46.5 Å². The van der Waals surface area contributed by atoms with E-state index in [1.807, 2.05) is 0 Å². The molecule has 0 atom stereocenters. The van der Waals surface area contributed by atoms with Crippen molar-refractivity contribution in [2.75, 3.05) is 19.8 Å². The van der Waals surface area contributed by atoms with Gasteiger partial charge in [-0.2, -0.15) is 0 Å². The monoisotopic (exact) mass is 817 g/mol. The van der Waals surface area contributed by atoms with Crippen LogP contribution in [0, 0.1) is 0 Å². The van der Waals surface area contributed by atoms with E-state index in [9.17, 15) is 38.4 Å². The van der Waals surface area contributed by atoms with Crippen LogP contribution in [-0.2, 0) is 23.9 Å². The number of carbonyl (C=O) groups excluding carboxylic acids is 8. The summed E-state index contributed by atoms with van der Waals surface area (Å²) in [5.41, 5.74) is 5.24. The first-order valence-electron chi connectivity index (χ1n) is 15.4. The highest BCUT2D eigenvalue weighted by Gasteiger charge is 2.37. The Balaban J connectivity index is -0.000000777. The summed E-state index contributed by atoms with van der Waals surface area (Å²) >= 11 is 4.85. The minimum atomic E-state index is -0.945. The molecule has 0 saturated carbocycles. The molecule has 4 N–H and O–H groups in total. The first kappa shape index (κ1) is 54.4. The van der Waals surface area contributed by atoms with E-state index in [0.29, 0.717) is 16.2 Å². The van der Waals surface area contributed by atoms with Crippen LogP contribution in [0.5, 0.6) is 0 Å². The first-order chi connectivity index (χ1) is 23.8. The number of nitrogens with zero attached hydrogens (tertiary/aromatic N) is 2. The summed E-state index contributed by atoms with van der Waals surface area (Å²) in [6.07, 6.45) is -1.44. The summed E-state index contributed by atoms with van der Waals surface area (Å²) < 4.78 is 9.65. The van der Waals surface area contributed by atoms with Gasteiger partial charge in [0.1, 0.15) is 11.2 Å². The second-order valence-electron chi connectivity index (χ2n) is 12.4. The molecule has 8 amide bonds. The van der Waals surface area contributed by atoms with Crippen molar-refractivity contribution >= 4 is 71.1 Å². The van der Waals surface area contributed by atoms with E-state index >= 15 is 0 Å². The number of halogens is 2. The molecule has 0 bridgehead atoms. The van der Waals surface area contributed by atoms with E-state index in [2.05, 4.69) is 5.32 Å². The quantitative estimate of drug-likeness (QED) is 0.113. The lowest BCUT2D eigenvalue weighted by molar-refractivity contribution is -0.122. The van der Waals surface area contributed by atoms with Crippen molar-refractivity contribution in [1.82, 2.24) is 20.8 Å². The first-order valence-corrected chi connectivity index (χ1v) is 15.8. The molecular weight excluding hydrogens is 765 g/mol. The number of rotatable bonds is 8. The molecule has 17 nitrogen and oxygen atoms in total. The van der Waals surface area contributed by atoms with Gasteiger partial charge in [0, 0.05) is 13.0 Å². The molecule has 0 aliphatic carbocycles. The largest absolute Gasteiger partial charge is 0.444 e. The number of amides is 8. The van der Waals surface area contributed by atoms with Gasteiger partial charge in [-0.25, -0.2) is 14.9 Å². The second-order valence-corrected chi connectivity index (χ2v) is 12.8. The van der Waals surface area contributed by atoms with Gasteiger partial charge in [0.15, 0.2) is 0 Å². The molecular formula is C36H53Cl2N5O12. The number of benzene rings is 2. The maximum atomic E-state index is 12.1. The molecule has 2 aliphatic heterocycles. The van der Waals surface area contributed by atoms with E-state index in [1.165, 1.54) is 0 Å². The van der Waals surface area contributed by atoms with Crippen molar-refractivity contribution < 1.29 is 57.5 Å². The Labute approximate surface area is 332 Å². The molecule has 2 aromatic rings. The highest BCUT2D eigenvalue weighted by Crippen LogP contribution is 2.23. The van der Waals surface area contributed by atoms with Gasteiger partial charge in [0.25, 0.3) is 23.6 Å². The van der Waals surface area contributed by atoms with Crippen LogP contribution < -0.4 is 16.4 Å². The van der Waals surface area contributed by atoms with Crippen LogP contribution in [0.3, 0.4) is 0 Å². The number of fused-ring (bicyclic) bond motifs is 2. The Hall–Kier alpha value is -4.94. The number of hydroxylamine groups is 4. The summed E-state index contributed by atoms with van der Waals surface area (Å²) in [6, 6.07) is 13.0. The van der Waals surface area contributed by atoms with Gasteiger partial charge in [-0.05, 0) is 83.8 Å². The van der Waals surface area contributed by atoms with Gasteiger partial charge in [0.2, 0.25) is 5.91 Å². The van der Waals surface area contributed by atoms with E-state index in [4.69, 9.17) is 36.5 Å². The van der Waals surface area contributed by atoms with Gasteiger partial charge < -0.3 is 15.2 Å². The molecule has 2 aromatic carbocycles. The number of nitrogens with one attached hydrogen (secondary N) is 2. The summed E-state index contributed by atoms with van der Waals surface area (Å²) in [5, 5.41) is 4.37. The minimum Gasteiger partial charge on any atom is -0.444 e. The van der Waals surface area contributed by atoms with Crippen molar-refractivity contribution in [2.45, 2.75) is 87.9 Å². The number of alkyl carbamates (subject to hydrolysis) is 2. The van der Waals surface area contributed by atoms with Crippen molar-refractivity contribution in [3.05, 3.63) is 70.8 Å². The van der Waals surface area contributed by atoms with Crippen LogP contribution in [-0.4, -0.2) is 88.2 Å².